The highest BCUT2D eigenvalue weighted by Crippen LogP contribution is 2.42. The summed E-state index contributed by atoms with van der Waals surface area (Å²) in [5, 5.41) is 10.8. The Morgan fingerprint density at radius 2 is 1.96 bits per heavy atom. The Hall–Kier alpha value is -2.32. The molecule has 1 aliphatic carbocycles. The number of aromatic nitrogens is 4. The minimum atomic E-state index is -0.0600. The molecule has 2 aromatic heterocycles. The molecule has 5 rings (SSSR count). The Kier molecular flexibility index (Phi) is 4.37. The summed E-state index contributed by atoms with van der Waals surface area (Å²) in [7, 11) is 0. The SMILES string of the molecule is O=C(N[C@H]1[C@H]2CCO[C@H]2[C@@H]1N1CCCCC1)c1ccc(-n2cnnc2)nc1. The fourth-order valence-corrected chi connectivity index (χ4v) is 4.75. The van der Waals surface area contributed by atoms with Gasteiger partial charge in [0.1, 0.15) is 18.5 Å². The van der Waals surface area contributed by atoms with Crippen LogP contribution in [0.1, 0.15) is 36.0 Å². The van der Waals surface area contributed by atoms with Crippen molar-refractivity contribution in [2.75, 3.05) is 19.7 Å². The van der Waals surface area contributed by atoms with Gasteiger partial charge in [0.15, 0.2) is 0 Å². The van der Waals surface area contributed by atoms with Crippen molar-refractivity contribution in [1.29, 1.82) is 0 Å². The molecule has 4 atom stereocenters. The van der Waals surface area contributed by atoms with Crippen LogP contribution in [0.25, 0.3) is 5.82 Å². The normalized spacial score (nSPS) is 30.5. The smallest absolute Gasteiger partial charge is 0.253 e. The van der Waals surface area contributed by atoms with Gasteiger partial charge in [-0.25, -0.2) is 4.98 Å². The molecular formula is C19H24N6O2. The molecule has 3 fully saturated rings. The molecule has 1 N–H and O–H groups in total. The average molecular weight is 368 g/mol. The number of likely N-dealkylation sites (tertiary alicyclic amines) is 1. The van der Waals surface area contributed by atoms with Crippen LogP contribution in [-0.4, -0.2) is 68.4 Å². The standard InChI is InChI=1S/C19H24N6O2/c26-19(13-4-5-15(20-10-13)25-11-21-22-12-25)23-16-14-6-9-27-18(14)17(16)24-7-2-1-3-8-24/h4-5,10-12,14,16-18H,1-3,6-9H2,(H,23,26)/t14-,16+,17-,18-/m1/s1. The van der Waals surface area contributed by atoms with Crippen LogP contribution in [0.15, 0.2) is 31.0 Å². The summed E-state index contributed by atoms with van der Waals surface area (Å²) in [4.78, 5) is 19.7. The molecule has 0 spiro atoms. The second-order valence-corrected chi connectivity index (χ2v) is 7.65. The van der Waals surface area contributed by atoms with E-state index in [-0.39, 0.29) is 18.1 Å². The van der Waals surface area contributed by atoms with Gasteiger partial charge in [0.05, 0.1) is 23.8 Å². The fraction of sp³-hybridized carbons (Fsp3) is 0.579. The maximum Gasteiger partial charge on any atom is 0.253 e. The van der Waals surface area contributed by atoms with Crippen molar-refractivity contribution in [2.45, 2.75) is 43.9 Å². The van der Waals surface area contributed by atoms with Crippen LogP contribution >= 0.6 is 0 Å². The molecular weight excluding hydrogens is 344 g/mol. The summed E-state index contributed by atoms with van der Waals surface area (Å²) in [5.41, 5.74) is 0.576. The number of hydrogen-bond donors (Lipinski definition) is 1. The number of fused-ring (bicyclic) bond motifs is 1. The summed E-state index contributed by atoms with van der Waals surface area (Å²) in [5.74, 6) is 1.07. The van der Waals surface area contributed by atoms with Crippen molar-refractivity contribution < 1.29 is 9.53 Å². The largest absolute Gasteiger partial charge is 0.376 e. The van der Waals surface area contributed by atoms with E-state index in [9.17, 15) is 4.79 Å². The highest BCUT2D eigenvalue weighted by molar-refractivity contribution is 5.94. The van der Waals surface area contributed by atoms with Crippen molar-refractivity contribution in [3.8, 4) is 5.82 Å². The van der Waals surface area contributed by atoms with Gasteiger partial charge < -0.3 is 10.1 Å². The number of rotatable bonds is 4. The van der Waals surface area contributed by atoms with Gasteiger partial charge >= 0.3 is 0 Å². The zero-order valence-corrected chi connectivity index (χ0v) is 15.2. The molecule has 2 aliphatic heterocycles. The Balaban J connectivity index is 1.29. The third-order valence-electron chi connectivity index (χ3n) is 6.15. The number of nitrogens with zero attached hydrogens (tertiary/aromatic N) is 5. The second-order valence-electron chi connectivity index (χ2n) is 7.65. The summed E-state index contributed by atoms with van der Waals surface area (Å²) >= 11 is 0. The van der Waals surface area contributed by atoms with E-state index in [1.165, 1.54) is 19.3 Å². The van der Waals surface area contributed by atoms with Gasteiger partial charge in [-0.2, -0.15) is 0 Å². The van der Waals surface area contributed by atoms with Crippen LogP contribution in [0.4, 0.5) is 0 Å². The topological polar surface area (TPSA) is 85.2 Å². The first-order valence-corrected chi connectivity index (χ1v) is 9.79. The monoisotopic (exact) mass is 368 g/mol. The summed E-state index contributed by atoms with van der Waals surface area (Å²) < 4.78 is 7.68. The van der Waals surface area contributed by atoms with E-state index in [1.807, 2.05) is 6.07 Å². The number of nitrogens with one attached hydrogen (secondary N) is 1. The summed E-state index contributed by atoms with van der Waals surface area (Å²) in [6.45, 7) is 3.03. The number of piperidine rings is 1. The van der Waals surface area contributed by atoms with E-state index < -0.39 is 0 Å². The average Bonchev–Trinajstić information content (AvgIpc) is 3.38. The maximum absolute atomic E-state index is 12.8. The minimum Gasteiger partial charge on any atom is -0.376 e. The second kappa shape index (κ2) is 7.01. The van der Waals surface area contributed by atoms with Crippen molar-refractivity contribution in [2.24, 2.45) is 5.92 Å². The number of carbonyl (C=O) groups excluding carboxylic acids is 1. The Morgan fingerprint density at radius 1 is 1.15 bits per heavy atom. The predicted octanol–water partition coefficient (Wildman–Crippen LogP) is 1.03. The Morgan fingerprint density at radius 3 is 2.70 bits per heavy atom. The van der Waals surface area contributed by atoms with Crippen LogP contribution in [0.3, 0.4) is 0 Å². The fourth-order valence-electron chi connectivity index (χ4n) is 4.75. The molecule has 3 aliphatic rings. The van der Waals surface area contributed by atoms with E-state index in [0.29, 0.717) is 23.3 Å². The van der Waals surface area contributed by atoms with Gasteiger partial charge in [-0.1, -0.05) is 6.42 Å². The van der Waals surface area contributed by atoms with E-state index in [0.717, 1.165) is 26.1 Å². The molecule has 4 heterocycles. The quantitative estimate of drug-likeness (QED) is 0.868. The number of carbonyl (C=O) groups is 1. The molecule has 1 saturated carbocycles. The molecule has 8 heteroatoms. The Bertz CT molecular complexity index is 787. The van der Waals surface area contributed by atoms with Crippen molar-refractivity contribution >= 4 is 5.91 Å². The minimum absolute atomic E-state index is 0.0600. The molecule has 142 valence electrons. The number of amides is 1. The maximum atomic E-state index is 12.8. The van der Waals surface area contributed by atoms with Gasteiger partial charge in [0.25, 0.3) is 5.91 Å². The van der Waals surface area contributed by atoms with Gasteiger partial charge in [-0.3, -0.25) is 14.3 Å². The first-order valence-electron chi connectivity index (χ1n) is 9.79. The van der Waals surface area contributed by atoms with Gasteiger partial charge in [0.2, 0.25) is 0 Å². The third-order valence-corrected chi connectivity index (χ3v) is 6.15. The zero-order valence-electron chi connectivity index (χ0n) is 15.2. The molecule has 0 bridgehead atoms. The lowest BCUT2D eigenvalue weighted by atomic mass is 9.70. The number of ether oxygens (including phenoxy) is 1. The number of pyridine rings is 1. The van der Waals surface area contributed by atoms with Crippen LogP contribution in [0.2, 0.25) is 0 Å². The third kappa shape index (κ3) is 3.02. The molecule has 27 heavy (non-hydrogen) atoms. The predicted molar refractivity (Wildman–Crippen MR) is 97.5 cm³/mol. The molecule has 0 radical (unpaired) electrons. The number of hydrogen-bond acceptors (Lipinski definition) is 6. The van der Waals surface area contributed by atoms with E-state index >= 15 is 0 Å². The first kappa shape index (κ1) is 16.8. The van der Waals surface area contributed by atoms with Gasteiger partial charge in [-0.15, -0.1) is 10.2 Å². The van der Waals surface area contributed by atoms with Crippen molar-refractivity contribution in [3.63, 3.8) is 0 Å². The van der Waals surface area contributed by atoms with Gasteiger partial charge in [0, 0.05) is 18.7 Å². The van der Waals surface area contributed by atoms with Crippen LogP contribution in [0.5, 0.6) is 0 Å². The van der Waals surface area contributed by atoms with Crippen molar-refractivity contribution in [1.82, 2.24) is 30.0 Å². The van der Waals surface area contributed by atoms with Crippen LogP contribution < -0.4 is 5.32 Å². The lowest BCUT2D eigenvalue weighted by Crippen LogP contribution is -2.71. The van der Waals surface area contributed by atoms with Gasteiger partial charge in [-0.05, 0) is 44.5 Å². The van der Waals surface area contributed by atoms with Crippen molar-refractivity contribution in [3.05, 3.63) is 36.5 Å². The molecule has 1 amide bonds. The Labute approximate surface area is 157 Å². The molecule has 8 nitrogen and oxygen atoms in total. The lowest BCUT2D eigenvalue weighted by molar-refractivity contribution is -0.0862. The van der Waals surface area contributed by atoms with E-state index in [2.05, 4.69) is 25.4 Å². The molecule has 2 saturated heterocycles. The first-order chi connectivity index (χ1) is 13.3. The lowest BCUT2D eigenvalue weighted by Gasteiger charge is -2.53. The van der Waals surface area contributed by atoms with E-state index in [1.54, 1.807) is 29.5 Å². The highest BCUT2D eigenvalue weighted by atomic mass is 16.5. The van der Waals surface area contributed by atoms with Crippen LogP contribution in [0, 0.1) is 5.92 Å². The van der Waals surface area contributed by atoms with E-state index in [4.69, 9.17) is 4.74 Å². The molecule has 0 aromatic carbocycles. The highest BCUT2D eigenvalue weighted by Gasteiger charge is 2.56. The summed E-state index contributed by atoms with van der Waals surface area (Å²) in [6.07, 6.45) is 9.88. The van der Waals surface area contributed by atoms with Crippen LogP contribution in [-0.2, 0) is 4.74 Å². The molecule has 2 aromatic rings. The molecule has 0 unspecified atom stereocenters. The summed E-state index contributed by atoms with van der Waals surface area (Å²) in [6, 6.07) is 4.09. The zero-order chi connectivity index (χ0) is 18.2.